The topological polar surface area (TPSA) is 112 Å². The van der Waals surface area contributed by atoms with Crippen LogP contribution in [0, 0.1) is 0 Å². The van der Waals surface area contributed by atoms with E-state index in [2.05, 4.69) is 15.6 Å². The maximum absolute atomic E-state index is 11.7. The van der Waals surface area contributed by atoms with E-state index >= 15 is 0 Å². The molecule has 1 aromatic rings. The lowest BCUT2D eigenvalue weighted by molar-refractivity contribution is -0.137. The van der Waals surface area contributed by atoms with Gasteiger partial charge in [0.05, 0.1) is 18.4 Å². The summed E-state index contributed by atoms with van der Waals surface area (Å²) in [5.74, 6) is -1.72. The van der Waals surface area contributed by atoms with Gasteiger partial charge in [-0.05, 0) is 12.1 Å². The Bertz CT molecular complexity index is 463. The summed E-state index contributed by atoms with van der Waals surface area (Å²) in [5.41, 5.74) is 0.575. The molecule has 0 aliphatic carbocycles. The number of carbonyl (C=O) groups excluding carboxylic acids is 2. The quantitative estimate of drug-likeness (QED) is 0.660. The average Bonchev–Trinajstić information content (AvgIpc) is 2.42. The Morgan fingerprint density at radius 3 is 2.63 bits per heavy atom. The third kappa shape index (κ3) is 5.02. The van der Waals surface area contributed by atoms with Crippen molar-refractivity contribution in [2.24, 2.45) is 0 Å². The second-order valence-electron chi connectivity index (χ2n) is 3.60. The maximum Gasteiger partial charge on any atom is 0.322 e. The molecule has 1 rings (SSSR count). The van der Waals surface area contributed by atoms with E-state index in [1.807, 2.05) is 0 Å². The molecule has 0 saturated carbocycles. The number of carboxylic acids is 1. The first-order chi connectivity index (χ1) is 9.00. The number of aromatic nitrogens is 1. The van der Waals surface area contributed by atoms with Crippen molar-refractivity contribution >= 4 is 23.6 Å². The van der Waals surface area contributed by atoms with Gasteiger partial charge < -0.3 is 15.7 Å². The van der Waals surface area contributed by atoms with E-state index in [1.54, 1.807) is 18.3 Å². The largest absolute Gasteiger partial charge is 0.480 e. The molecule has 0 radical (unpaired) electrons. The third-order valence-corrected chi connectivity index (χ3v) is 2.17. The Balaban J connectivity index is 2.39. The Morgan fingerprint density at radius 1 is 1.32 bits per heavy atom. The summed E-state index contributed by atoms with van der Waals surface area (Å²) in [7, 11) is 1.53. The molecule has 3 N–H and O–H groups in total. The minimum Gasteiger partial charge on any atom is -0.480 e. The molecule has 19 heavy (non-hydrogen) atoms. The van der Waals surface area contributed by atoms with Crippen LogP contribution in [0.5, 0.6) is 0 Å². The van der Waals surface area contributed by atoms with Gasteiger partial charge in [-0.25, -0.2) is 4.79 Å². The van der Waals surface area contributed by atoms with Crippen LogP contribution in [-0.2, 0) is 9.59 Å². The van der Waals surface area contributed by atoms with E-state index in [-0.39, 0.29) is 6.54 Å². The molecule has 1 heterocycles. The first-order valence-corrected chi connectivity index (χ1v) is 5.41. The summed E-state index contributed by atoms with van der Waals surface area (Å²) in [6.45, 7) is -0.774. The zero-order valence-electron chi connectivity index (χ0n) is 10.3. The molecule has 0 aliphatic rings. The summed E-state index contributed by atoms with van der Waals surface area (Å²) in [4.78, 5) is 38.2. The van der Waals surface area contributed by atoms with Crippen molar-refractivity contribution < 1.29 is 19.5 Å². The second-order valence-corrected chi connectivity index (χ2v) is 3.60. The number of nitrogens with zero attached hydrogens (tertiary/aromatic N) is 2. The highest BCUT2D eigenvalue weighted by molar-refractivity contribution is 5.94. The molecule has 3 amide bonds. The minimum absolute atomic E-state index is 0.295. The smallest absolute Gasteiger partial charge is 0.322 e. The number of nitrogens with one attached hydrogen (secondary N) is 2. The fourth-order valence-electron chi connectivity index (χ4n) is 1.18. The highest BCUT2D eigenvalue weighted by Gasteiger charge is 2.12. The lowest BCUT2D eigenvalue weighted by Gasteiger charge is -2.17. The van der Waals surface area contributed by atoms with Gasteiger partial charge in [-0.1, -0.05) is 0 Å². The standard InChI is InChI=1S/C11H14N4O4/c1-15(8-3-2-4-12-5-8)11(19)14-6-9(16)13-7-10(17)18/h2-5H,6-7H2,1H3,(H,13,16)(H,14,19)(H,17,18). The van der Waals surface area contributed by atoms with Gasteiger partial charge in [0.2, 0.25) is 5.91 Å². The molecule has 0 bridgehead atoms. The average molecular weight is 266 g/mol. The number of pyridine rings is 1. The number of anilines is 1. The van der Waals surface area contributed by atoms with E-state index in [0.29, 0.717) is 5.69 Å². The molecule has 0 saturated heterocycles. The van der Waals surface area contributed by atoms with Crippen LogP contribution in [0.4, 0.5) is 10.5 Å². The van der Waals surface area contributed by atoms with Gasteiger partial charge in [-0.3, -0.25) is 19.5 Å². The predicted molar refractivity (Wildman–Crippen MR) is 66.7 cm³/mol. The van der Waals surface area contributed by atoms with Crippen LogP contribution in [0.3, 0.4) is 0 Å². The van der Waals surface area contributed by atoms with Crippen LogP contribution >= 0.6 is 0 Å². The zero-order valence-corrected chi connectivity index (χ0v) is 10.3. The van der Waals surface area contributed by atoms with Gasteiger partial charge in [0, 0.05) is 13.2 Å². The summed E-state index contributed by atoms with van der Waals surface area (Å²) in [5, 5.41) is 12.9. The van der Waals surface area contributed by atoms with Gasteiger partial charge in [-0.2, -0.15) is 0 Å². The normalized spacial score (nSPS) is 9.53. The lowest BCUT2D eigenvalue weighted by Crippen LogP contribution is -2.43. The second kappa shape index (κ2) is 6.94. The molecule has 1 aromatic heterocycles. The van der Waals surface area contributed by atoms with Crippen molar-refractivity contribution in [1.82, 2.24) is 15.6 Å². The van der Waals surface area contributed by atoms with Crippen LogP contribution in [0.15, 0.2) is 24.5 Å². The van der Waals surface area contributed by atoms with Crippen LogP contribution in [0.2, 0.25) is 0 Å². The van der Waals surface area contributed by atoms with Gasteiger partial charge in [-0.15, -0.1) is 0 Å². The maximum atomic E-state index is 11.7. The van der Waals surface area contributed by atoms with Gasteiger partial charge in [0.15, 0.2) is 0 Å². The Kier molecular flexibility index (Phi) is 5.27. The molecule has 0 atom stereocenters. The third-order valence-electron chi connectivity index (χ3n) is 2.17. The number of amides is 3. The number of urea groups is 1. The molecular formula is C11H14N4O4. The highest BCUT2D eigenvalue weighted by atomic mass is 16.4. The minimum atomic E-state index is -1.15. The van der Waals surface area contributed by atoms with Crippen LogP contribution < -0.4 is 15.5 Å². The Hall–Kier alpha value is -2.64. The first kappa shape index (κ1) is 14.4. The van der Waals surface area contributed by atoms with Crippen molar-refractivity contribution in [2.75, 3.05) is 25.0 Å². The number of rotatable bonds is 5. The summed E-state index contributed by atoms with van der Waals surface area (Å²) in [6.07, 6.45) is 3.08. The lowest BCUT2D eigenvalue weighted by atomic mass is 10.4. The highest BCUT2D eigenvalue weighted by Crippen LogP contribution is 2.08. The molecule has 8 heteroatoms. The first-order valence-electron chi connectivity index (χ1n) is 5.41. The number of carbonyl (C=O) groups is 3. The molecule has 0 unspecified atom stereocenters. The monoisotopic (exact) mass is 266 g/mol. The van der Waals surface area contributed by atoms with Gasteiger partial charge in [0.1, 0.15) is 6.54 Å². The fraction of sp³-hybridized carbons (Fsp3) is 0.273. The van der Waals surface area contributed by atoms with Crippen molar-refractivity contribution in [2.45, 2.75) is 0 Å². The van der Waals surface area contributed by atoms with Crippen LogP contribution in [-0.4, -0.2) is 48.1 Å². The molecule has 8 nitrogen and oxygen atoms in total. The van der Waals surface area contributed by atoms with E-state index in [1.165, 1.54) is 18.1 Å². The van der Waals surface area contributed by atoms with E-state index in [9.17, 15) is 14.4 Å². The van der Waals surface area contributed by atoms with E-state index in [0.717, 1.165) is 0 Å². The summed E-state index contributed by atoms with van der Waals surface area (Å²) in [6, 6.07) is 2.88. The van der Waals surface area contributed by atoms with Crippen LogP contribution in [0.25, 0.3) is 0 Å². The molecule has 0 aliphatic heterocycles. The van der Waals surface area contributed by atoms with Crippen LogP contribution in [0.1, 0.15) is 0 Å². The summed E-state index contributed by atoms with van der Waals surface area (Å²) < 4.78 is 0. The molecule has 0 aromatic carbocycles. The van der Waals surface area contributed by atoms with Gasteiger partial charge >= 0.3 is 12.0 Å². The number of carboxylic acid groups (broad SMARTS) is 1. The number of hydrogen-bond donors (Lipinski definition) is 3. The number of hydrogen-bond acceptors (Lipinski definition) is 4. The summed E-state index contributed by atoms with van der Waals surface area (Å²) >= 11 is 0. The van der Waals surface area contributed by atoms with Gasteiger partial charge in [0.25, 0.3) is 0 Å². The predicted octanol–water partition coefficient (Wildman–Crippen LogP) is -0.572. The van der Waals surface area contributed by atoms with Crippen molar-refractivity contribution in [3.05, 3.63) is 24.5 Å². The SMILES string of the molecule is CN(C(=O)NCC(=O)NCC(=O)O)c1cccnc1. The van der Waals surface area contributed by atoms with E-state index in [4.69, 9.17) is 5.11 Å². The fourth-order valence-corrected chi connectivity index (χ4v) is 1.18. The molecule has 0 fully saturated rings. The van der Waals surface area contributed by atoms with Crippen molar-refractivity contribution in [3.8, 4) is 0 Å². The molecular weight excluding hydrogens is 252 g/mol. The zero-order chi connectivity index (χ0) is 14.3. The Labute approximate surface area is 109 Å². The molecule has 0 spiro atoms. The van der Waals surface area contributed by atoms with E-state index < -0.39 is 24.5 Å². The van der Waals surface area contributed by atoms with Crippen molar-refractivity contribution in [1.29, 1.82) is 0 Å². The Morgan fingerprint density at radius 2 is 2.05 bits per heavy atom. The molecule has 102 valence electrons. The number of aliphatic carboxylic acids is 1. The van der Waals surface area contributed by atoms with Crippen molar-refractivity contribution in [3.63, 3.8) is 0 Å².